The van der Waals surface area contributed by atoms with Gasteiger partial charge in [0.05, 0.1) is 16.8 Å². The molecular weight excluding hydrogens is 400 g/mol. The molecule has 3 aromatic rings. The standard InChI is InChI=1S/C19H20N2O3S3/c1-27(23,24)12-11-25-19-20-17-16(14-9-5-6-10-15(14)26-17)18(22)21(19)13-7-3-2-4-8-13/h2-4,7-8H,5-6,9-12H2,1H3. The minimum absolute atomic E-state index is 0.0487. The smallest absolute Gasteiger partial charge is 0.267 e. The molecule has 0 saturated heterocycles. The van der Waals surface area contributed by atoms with E-state index in [9.17, 15) is 13.2 Å². The summed E-state index contributed by atoms with van der Waals surface area (Å²) in [5.41, 5.74) is 1.87. The largest absolute Gasteiger partial charge is 0.268 e. The van der Waals surface area contributed by atoms with Gasteiger partial charge in [-0.25, -0.2) is 13.4 Å². The fraction of sp³-hybridized carbons (Fsp3) is 0.368. The molecule has 27 heavy (non-hydrogen) atoms. The molecule has 0 radical (unpaired) electrons. The van der Waals surface area contributed by atoms with Crippen LogP contribution in [0.1, 0.15) is 23.3 Å². The van der Waals surface area contributed by atoms with Crippen LogP contribution in [0.3, 0.4) is 0 Å². The number of benzene rings is 1. The van der Waals surface area contributed by atoms with E-state index in [0.29, 0.717) is 10.9 Å². The van der Waals surface area contributed by atoms with Crippen LogP contribution in [0.15, 0.2) is 40.3 Å². The molecule has 142 valence electrons. The second-order valence-corrected chi connectivity index (χ2v) is 11.1. The first-order valence-electron chi connectivity index (χ1n) is 8.87. The van der Waals surface area contributed by atoms with Gasteiger partial charge in [-0.2, -0.15) is 0 Å². The molecule has 0 amide bonds. The number of thioether (sulfide) groups is 1. The lowest BCUT2D eigenvalue weighted by Gasteiger charge is -2.13. The molecule has 0 spiro atoms. The average Bonchev–Trinajstić information content (AvgIpc) is 3.00. The number of aromatic nitrogens is 2. The molecule has 0 atom stereocenters. The summed E-state index contributed by atoms with van der Waals surface area (Å²) in [5.74, 6) is 0.427. The second kappa shape index (κ2) is 7.41. The zero-order valence-electron chi connectivity index (χ0n) is 15.0. The van der Waals surface area contributed by atoms with Crippen molar-refractivity contribution < 1.29 is 8.42 Å². The highest BCUT2D eigenvalue weighted by molar-refractivity contribution is 8.00. The first-order chi connectivity index (χ1) is 12.9. The first kappa shape index (κ1) is 18.7. The summed E-state index contributed by atoms with van der Waals surface area (Å²) >= 11 is 2.94. The highest BCUT2D eigenvalue weighted by atomic mass is 32.2. The SMILES string of the molecule is CS(=O)(=O)CCSc1nc2sc3c(c2c(=O)n1-c1ccccc1)CCCC3. The Balaban J connectivity index is 1.88. The van der Waals surface area contributed by atoms with Crippen molar-refractivity contribution in [3.05, 3.63) is 51.1 Å². The van der Waals surface area contributed by atoms with E-state index in [2.05, 4.69) is 0 Å². The minimum atomic E-state index is -3.06. The topological polar surface area (TPSA) is 69.0 Å². The Morgan fingerprint density at radius 3 is 2.67 bits per heavy atom. The summed E-state index contributed by atoms with van der Waals surface area (Å²) in [6, 6.07) is 9.45. The molecule has 0 N–H and O–H groups in total. The summed E-state index contributed by atoms with van der Waals surface area (Å²) in [6.07, 6.45) is 5.43. The Hall–Kier alpha value is -1.64. The van der Waals surface area contributed by atoms with Gasteiger partial charge in [0.1, 0.15) is 14.7 Å². The zero-order valence-corrected chi connectivity index (χ0v) is 17.4. The zero-order chi connectivity index (χ0) is 19.0. The highest BCUT2D eigenvalue weighted by Crippen LogP contribution is 2.35. The van der Waals surface area contributed by atoms with E-state index in [0.717, 1.165) is 47.2 Å². The highest BCUT2D eigenvalue weighted by Gasteiger charge is 2.23. The average molecular weight is 421 g/mol. The van der Waals surface area contributed by atoms with Crippen LogP contribution in [0.4, 0.5) is 0 Å². The molecular formula is C19H20N2O3S3. The Bertz CT molecular complexity index is 1150. The summed E-state index contributed by atoms with van der Waals surface area (Å²) < 4.78 is 24.6. The van der Waals surface area contributed by atoms with Crippen molar-refractivity contribution in [2.75, 3.05) is 17.8 Å². The molecule has 1 aliphatic rings. The predicted molar refractivity (Wildman–Crippen MR) is 112 cm³/mol. The van der Waals surface area contributed by atoms with E-state index in [-0.39, 0.29) is 11.3 Å². The molecule has 5 nitrogen and oxygen atoms in total. The van der Waals surface area contributed by atoms with E-state index < -0.39 is 9.84 Å². The van der Waals surface area contributed by atoms with Gasteiger partial charge in [0.25, 0.3) is 5.56 Å². The van der Waals surface area contributed by atoms with Crippen LogP contribution in [0, 0.1) is 0 Å². The van der Waals surface area contributed by atoms with Gasteiger partial charge in [-0.3, -0.25) is 9.36 Å². The number of hydrogen-bond acceptors (Lipinski definition) is 6. The summed E-state index contributed by atoms with van der Waals surface area (Å²) in [4.78, 5) is 20.3. The molecule has 2 aromatic heterocycles. The summed E-state index contributed by atoms with van der Waals surface area (Å²) in [5, 5.41) is 1.30. The number of fused-ring (bicyclic) bond motifs is 3. The van der Waals surface area contributed by atoms with Gasteiger partial charge in [-0.15, -0.1) is 11.3 Å². The third-order valence-corrected chi connectivity index (χ3v) is 7.99. The number of rotatable bonds is 5. The quantitative estimate of drug-likeness (QED) is 0.467. The van der Waals surface area contributed by atoms with Gasteiger partial charge in [-0.05, 0) is 43.4 Å². The van der Waals surface area contributed by atoms with Crippen LogP contribution in [-0.4, -0.2) is 35.7 Å². The molecule has 1 aromatic carbocycles. The van der Waals surface area contributed by atoms with Crippen LogP contribution in [0.2, 0.25) is 0 Å². The van der Waals surface area contributed by atoms with Gasteiger partial charge < -0.3 is 0 Å². The van der Waals surface area contributed by atoms with Crippen molar-refractivity contribution in [2.45, 2.75) is 30.8 Å². The predicted octanol–water partition coefficient (Wildman–Crippen LogP) is 3.46. The van der Waals surface area contributed by atoms with Crippen molar-refractivity contribution in [1.29, 1.82) is 0 Å². The molecule has 0 bridgehead atoms. The Morgan fingerprint density at radius 1 is 1.19 bits per heavy atom. The van der Waals surface area contributed by atoms with Crippen molar-refractivity contribution in [1.82, 2.24) is 9.55 Å². The number of sulfone groups is 1. The fourth-order valence-electron chi connectivity index (χ4n) is 3.37. The summed E-state index contributed by atoms with van der Waals surface area (Å²) in [6.45, 7) is 0. The van der Waals surface area contributed by atoms with Gasteiger partial charge in [-0.1, -0.05) is 30.0 Å². The maximum absolute atomic E-state index is 13.4. The lowest BCUT2D eigenvalue weighted by atomic mass is 9.97. The van der Waals surface area contributed by atoms with Gasteiger partial charge in [0.15, 0.2) is 5.16 Å². The molecule has 2 heterocycles. The molecule has 0 saturated carbocycles. The monoisotopic (exact) mass is 420 g/mol. The third kappa shape index (κ3) is 3.83. The van der Waals surface area contributed by atoms with Crippen LogP contribution in [0.25, 0.3) is 15.9 Å². The van der Waals surface area contributed by atoms with Crippen LogP contribution in [-0.2, 0) is 22.7 Å². The maximum atomic E-state index is 13.4. The lowest BCUT2D eigenvalue weighted by Crippen LogP contribution is -2.22. The molecule has 4 rings (SSSR count). The Morgan fingerprint density at radius 2 is 1.93 bits per heavy atom. The Labute approximate surface area is 166 Å². The number of thiophene rings is 1. The molecule has 8 heteroatoms. The first-order valence-corrected chi connectivity index (χ1v) is 12.7. The van der Waals surface area contributed by atoms with Crippen LogP contribution in [0.5, 0.6) is 0 Å². The molecule has 0 unspecified atom stereocenters. The molecule has 0 fully saturated rings. The van der Waals surface area contributed by atoms with E-state index in [1.54, 1.807) is 15.9 Å². The van der Waals surface area contributed by atoms with Crippen LogP contribution < -0.4 is 5.56 Å². The number of aryl methyl sites for hydroxylation is 2. The second-order valence-electron chi connectivity index (χ2n) is 6.74. The van der Waals surface area contributed by atoms with E-state index in [4.69, 9.17) is 4.98 Å². The fourth-order valence-corrected chi connectivity index (χ4v) is 6.88. The Kier molecular flexibility index (Phi) is 5.13. The van der Waals surface area contributed by atoms with Crippen molar-refractivity contribution in [2.24, 2.45) is 0 Å². The summed E-state index contributed by atoms with van der Waals surface area (Å²) in [7, 11) is -3.06. The van der Waals surface area contributed by atoms with E-state index in [1.807, 2.05) is 30.3 Å². The number of para-hydroxylation sites is 1. The minimum Gasteiger partial charge on any atom is -0.268 e. The van der Waals surface area contributed by atoms with Crippen molar-refractivity contribution in [3.8, 4) is 5.69 Å². The number of hydrogen-bond donors (Lipinski definition) is 0. The van der Waals surface area contributed by atoms with Crippen molar-refractivity contribution >= 4 is 43.2 Å². The number of nitrogens with zero attached hydrogens (tertiary/aromatic N) is 2. The molecule has 1 aliphatic carbocycles. The van der Waals surface area contributed by atoms with Crippen molar-refractivity contribution in [3.63, 3.8) is 0 Å². The van der Waals surface area contributed by atoms with Gasteiger partial charge in [0.2, 0.25) is 0 Å². The molecule has 0 aliphatic heterocycles. The normalized spacial score (nSPS) is 14.4. The van der Waals surface area contributed by atoms with E-state index >= 15 is 0 Å². The van der Waals surface area contributed by atoms with Gasteiger partial charge >= 0.3 is 0 Å². The van der Waals surface area contributed by atoms with Gasteiger partial charge in [0, 0.05) is 16.9 Å². The lowest BCUT2D eigenvalue weighted by molar-refractivity contribution is 0.603. The maximum Gasteiger partial charge on any atom is 0.267 e. The third-order valence-electron chi connectivity index (χ3n) is 4.66. The van der Waals surface area contributed by atoms with E-state index in [1.165, 1.54) is 22.9 Å². The van der Waals surface area contributed by atoms with Crippen LogP contribution >= 0.6 is 23.1 Å².